The third kappa shape index (κ3) is 2.42. The van der Waals surface area contributed by atoms with Crippen molar-refractivity contribution in [3.05, 3.63) is 12.3 Å². The standard InChI is InChI=1S/C9H15N3O3S/c1-9(4-2-6-15-9)7-11-16(13,14)8-3-5-10-12-8/h3,5,11H,2,4,6-7H2,1H3,(H,10,12). The maximum Gasteiger partial charge on any atom is 0.257 e. The van der Waals surface area contributed by atoms with Gasteiger partial charge in [0.2, 0.25) is 0 Å². The van der Waals surface area contributed by atoms with Gasteiger partial charge in [0.1, 0.15) is 0 Å². The Balaban J connectivity index is 2.00. The second-order valence-corrected chi connectivity index (χ2v) is 5.88. The lowest BCUT2D eigenvalue weighted by atomic mass is 10.0. The van der Waals surface area contributed by atoms with Crippen molar-refractivity contribution in [2.24, 2.45) is 0 Å². The summed E-state index contributed by atoms with van der Waals surface area (Å²) in [4.78, 5) is 0. The maximum absolute atomic E-state index is 11.8. The average molecular weight is 245 g/mol. The molecular formula is C9H15N3O3S. The van der Waals surface area contributed by atoms with Crippen LogP contribution in [0.1, 0.15) is 19.8 Å². The van der Waals surface area contributed by atoms with Crippen molar-refractivity contribution in [3.63, 3.8) is 0 Å². The molecule has 16 heavy (non-hydrogen) atoms. The third-order valence-corrected chi connectivity index (χ3v) is 4.03. The highest BCUT2D eigenvalue weighted by molar-refractivity contribution is 7.89. The number of H-pyrrole nitrogens is 1. The van der Waals surface area contributed by atoms with Crippen LogP contribution in [0.4, 0.5) is 0 Å². The van der Waals surface area contributed by atoms with Crippen molar-refractivity contribution < 1.29 is 13.2 Å². The van der Waals surface area contributed by atoms with E-state index in [1.54, 1.807) is 0 Å². The Bertz CT molecular complexity index is 435. The molecule has 1 aromatic rings. The number of nitrogens with one attached hydrogen (secondary N) is 2. The van der Waals surface area contributed by atoms with Crippen LogP contribution in [-0.4, -0.2) is 37.4 Å². The van der Waals surface area contributed by atoms with Gasteiger partial charge in [-0.1, -0.05) is 0 Å². The number of sulfonamides is 1. The minimum atomic E-state index is -3.49. The summed E-state index contributed by atoms with van der Waals surface area (Å²) in [6.07, 6.45) is 3.25. The SMILES string of the molecule is CC1(CNS(=O)(=O)c2ccn[nH]2)CCCO1. The highest BCUT2D eigenvalue weighted by Gasteiger charge is 2.31. The van der Waals surface area contributed by atoms with Gasteiger partial charge in [-0.15, -0.1) is 0 Å². The van der Waals surface area contributed by atoms with Crippen LogP contribution in [0.2, 0.25) is 0 Å². The molecule has 7 heteroatoms. The number of aromatic amines is 1. The van der Waals surface area contributed by atoms with E-state index in [0.29, 0.717) is 6.61 Å². The largest absolute Gasteiger partial charge is 0.374 e. The summed E-state index contributed by atoms with van der Waals surface area (Å²) in [5.41, 5.74) is -0.382. The van der Waals surface area contributed by atoms with Gasteiger partial charge < -0.3 is 4.74 Å². The molecule has 6 nitrogen and oxygen atoms in total. The van der Waals surface area contributed by atoms with Crippen LogP contribution < -0.4 is 4.72 Å². The first-order chi connectivity index (χ1) is 7.52. The molecule has 0 spiro atoms. The summed E-state index contributed by atoms with van der Waals surface area (Å²) in [5, 5.41) is 6.11. The average Bonchev–Trinajstić information content (AvgIpc) is 2.86. The quantitative estimate of drug-likeness (QED) is 0.796. The smallest absolute Gasteiger partial charge is 0.257 e. The molecule has 2 heterocycles. The van der Waals surface area contributed by atoms with E-state index in [2.05, 4.69) is 14.9 Å². The second kappa shape index (κ2) is 4.15. The lowest BCUT2D eigenvalue weighted by Gasteiger charge is -2.22. The van der Waals surface area contributed by atoms with Crippen molar-refractivity contribution in [1.82, 2.24) is 14.9 Å². The molecule has 1 aliphatic rings. The highest BCUT2D eigenvalue weighted by Crippen LogP contribution is 2.24. The lowest BCUT2D eigenvalue weighted by molar-refractivity contribution is 0.0250. The van der Waals surface area contributed by atoms with Gasteiger partial charge in [0.15, 0.2) is 5.03 Å². The summed E-state index contributed by atoms with van der Waals surface area (Å²) < 4.78 is 31.5. The zero-order valence-corrected chi connectivity index (χ0v) is 9.88. The molecule has 2 rings (SSSR count). The van der Waals surface area contributed by atoms with Gasteiger partial charge in [-0.3, -0.25) is 5.10 Å². The van der Waals surface area contributed by atoms with E-state index in [1.807, 2.05) is 6.92 Å². The fourth-order valence-corrected chi connectivity index (χ4v) is 2.76. The molecule has 1 unspecified atom stereocenters. The van der Waals surface area contributed by atoms with Crippen molar-refractivity contribution in [2.75, 3.05) is 13.2 Å². The Labute approximate surface area is 94.4 Å². The van der Waals surface area contributed by atoms with Crippen LogP contribution in [0.3, 0.4) is 0 Å². The summed E-state index contributed by atoms with van der Waals surface area (Å²) in [5.74, 6) is 0. The van der Waals surface area contributed by atoms with Gasteiger partial charge in [0, 0.05) is 13.2 Å². The molecule has 1 saturated heterocycles. The topological polar surface area (TPSA) is 84.1 Å². The van der Waals surface area contributed by atoms with Crippen LogP contribution >= 0.6 is 0 Å². The van der Waals surface area contributed by atoms with E-state index in [4.69, 9.17) is 4.74 Å². The molecule has 0 saturated carbocycles. The molecule has 1 aromatic heterocycles. The van der Waals surface area contributed by atoms with Crippen molar-refractivity contribution >= 4 is 10.0 Å². The fourth-order valence-electron chi connectivity index (χ4n) is 1.69. The first-order valence-electron chi connectivity index (χ1n) is 5.15. The number of hydrogen-bond donors (Lipinski definition) is 2. The maximum atomic E-state index is 11.8. The van der Waals surface area contributed by atoms with Crippen molar-refractivity contribution in [1.29, 1.82) is 0 Å². The van der Waals surface area contributed by atoms with Crippen LogP contribution in [-0.2, 0) is 14.8 Å². The van der Waals surface area contributed by atoms with E-state index < -0.39 is 10.0 Å². The van der Waals surface area contributed by atoms with E-state index in [9.17, 15) is 8.42 Å². The number of nitrogens with zero attached hydrogens (tertiary/aromatic N) is 1. The molecule has 2 N–H and O–H groups in total. The van der Waals surface area contributed by atoms with E-state index in [-0.39, 0.29) is 17.2 Å². The molecule has 1 fully saturated rings. The Morgan fingerprint density at radius 1 is 1.69 bits per heavy atom. The summed E-state index contributed by atoms with van der Waals surface area (Å²) in [6.45, 7) is 2.89. The van der Waals surface area contributed by atoms with Gasteiger partial charge in [0.05, 0.1) is 11.8 Å². The summed E-state index contributed by atoms with van der Waals surface area (Å²) in [7, 11) is -3.49. The molecule has 0 radical (unpaired) electrons. The van der Waals surface area contributed by atoms with Crippen LogP contribution in [0, 0.1) is 0 Å². The van der Waals surface area contributed by atoms with E-state index >= 15 is 0 Å². The Kier molecular flexibility index (Phi) is 3.00. The Hall–Kier alpha value is -0.920. The lowest BCUT2D eigenvalue weighted by Crippen LogP contribution is -2.40. The number of aromatic nitrogens is 2. The van der Waals surface area contributed by atoms with Gasteiger partial charge in [0.25, 0.3) is 10.0 Å². The minimum Gasteiger partial charge on any atom is -0.374 e. The van der Waals surface area contributed by atoms with Crippen molar-refractivity contribution in [3.8, 4) is 0 Å². The molecule has 1 atom stereocenters. The van der Waals surface area contributed by atoms with Crippen LogP contribution in [0.15, 0.2) is 17.3 Å². The number of rotatable bonds is 4. The van der Waals surface area contributed by atoms with Gasteiger partial charge >= 0.3 is 0 Å². The molecule has 1 aliphatic heterocycles. The zero-order valence-electron chi connectivity index (χ0n) is 9.06. The second-order valence-electron chi connectivity index (χ2n) is 4.15. The Morgan fingerprint density at radius 3 is 3.06 bits per heavy atom. The Morgan fingerprint density at radius 2 is 2.50 bits per heavy atom. The predicted octanol–water partition coefficient (Wildman–Crippen LogP) is 0.257. The number of hydrogen-bond acceptors (Lipinski definition) is 4. The highest BCUT2D eigenvalue weighted by atomic mass is 32.2. The molecular weight excluding hydrogens is 230 g/mol. The van der Waals surface area contributed by atoms with Gasteiger partial charge in [-0.25, -0.2) is 13.1 Å². The molecule has 0 amide bonds. The van der Waals surface area contributed by atoms with Gasteiger partial charge in [-0.05, 0) is 25.8 Å². The molecule has 0 bridgehead atoms. The first-order valence-corrected chi connectivity index (χ1v) is 6.63. The molecule has 0 aliphatic carbocycles. The van der Waals surface area contributed by atoms with Crippen LogP contribution in [0.5, 0.6) is 0 Å². The summed E-state index contributed by atoms with van der Waals surface area (Å²) >= 11 is 0. The molecule has 90 valence electrons. The monoisotopic (exact) mass is 245 g/mol. The van der Waals surface area contributed by atoms with E-state index in [0.717, 1.165) is 12.8 Å². The molecule has 0 aromatic carbocycles. The van der Waals surface area contributed by atoms with Crippen LogP contribution in [0.25, 0.3) is 0 Å². The zero-order chi connectivity index (χ0) is 11.6. The normalized spacial score (nSPS) is 26.1. The van der Waals surface area contributed by atoms with E-state index in [1.165, 1.54) is 12.3 Å². The summed E-state index contributed by atoms with van der Waals surface area (Å²) in [6, 6.07) is 1.42. The minimum absolute atomic E-state index is 0.0779. The predicted molar refractivity (Wildman–Crippen MR) is 57.4 cm³/mol. The van der Waals surface area contributed by atoms with Crippen molar-refractivity contribution in [2.45, 2.75) is 30.4 Å². The third-order valence-electron chi connectivity index (χ3n) is 2.70. The first kappa shape index (κ1) is 11.6. The fraction of sp³-hybridized carbons (Fsp3) is 0.667. The number of ether oxygens (including phenoxy) is 1. The van der Waals surface area contributed by atoms with Gasteiger partial charge in [-0.2, -0.15) is 5.10 Å².